The van der Waals surface area contributed by atoms with Gasteiger partial charge in [-0.25, -0.2) is 9.59 Å². The molecule has 2 aromatic heterocycles. The fraction of sp³-hybridized carbons (Fsp3) is 0.429. The first kappa shape index (κ1) is 18.9. The molecule has 2 heterocycles. The second kappa shape index (κ2) is 6.46. The van der Waals surface area contributed by atoms with E-state index < -0.39 is 22.5 Å². The van der Waals surface area contributed by atoms with Crippen molar-refractivity contribution in [2.24, 2.45) is 28.2 Å². The predicted octanol–water partition coefficient (Wildman–Crippen LogP) is -2.43. The van der Waals surface area contributed by atoms with E-state index in [1.165, 1.54) is 49.4 Å². The van der Waals surface area contributed by atoms with Gasteiger partial charge in [0.2, 0.25) is 0 Å². The van der Waals surface area contributed by atoms with E-state index in [9.17, 15) is 19.2 Å². The van der Waals surface area contributed by atoms with Gasteiger partial charge in [-0.3, -0.25) is 38.3 Å². The van der Waals surface area contributed by atoms with E-state index in [0.717, 1.165) is 9.13 Å². The van der Waals surface area contributed by atoms with Gasteiger partial charge in [-0.15, -0.1) is 0 Å². The number of hydrazine groups is 1. The second-order valence-corrected chi connectivity index (χ2v) is 5.79. The van der Waals surface area contributed by atoms with Crippen LogP contribution >= 0.6 is 0 Å². The molecular weight excluding hydrogens is 344 g/mol. The van der Waals surface area contributed by atoms with Crippen LogP contribution < -0.4 is 44.0 Å². The molecule has 0 aliphatic carbocycles. The quantitative estimate of drug-likeness (QED) is 0.507. The van der Waals surface area contributed by atoms with Gasteiger partial charge in [-0.1, -0.05) is 0 Å². The first-order valence-corrected chi connectivity index (χ1v) is 7.58. The summed E-state index contributed by atoms with van der Waals surface area (Å²) in [5.41, 5.74) is 6.23. The highest BCUT2D eigenvalue weighted by Gasteiger charge is 2.20. The monoisotopic (exact) mass is 366 g/mol. The van der Waals surface area contributed by atoms with Crippen LogP contribution in [0.4, 0.5) is 23.0 Å². The minimum absolute atomic E-state index is 0.0483. The Morgan fingerprint density at radius 2 is 1.35 bits per heavy atom. The number of hydrogen-bond donors (Lipinski definition) is 3. The number of anilines is 4. The third-order valence-corrected chi connectivity index (χ3v) is 4.17. The molecule has 0 aliphatic rings. The highest BCUT2D eigenvalue weighted by molar-refractivity contribution is 5.69. The van der Waals surface area contributed by atoms with Gasteiger partial charge in [-0.05, 0) is 0 Å². The molecule has 0 saturated carbocycles. The molecule has 0 fully saturated rings. The predicted molar refractivity (Wildman–Crippen MR) is 99.8 cm³/mol. The molecule has 0 aliphatic heterocycles. The maximum atomic E-state index is 12.5. The Kier molecular flexibility index (Phi) is 4.69. The minimum atomic E-state index is -0.654. The maximum absolute atomic E-state index is 12.5. The van der Waals surface area contributed by atoms with Crippen molar-refractivity contribution in [3.63, 3.8) is 0 Å². The molecule has 26 heavy (non-hydrogen) atoms. The number of aromatic nitrogens is 4. The first-order chi connectivity index (χ1) is 12.0. The summed E-state index contributed by atoms with van der Waals surface area (Å²) in [7, 11) is 8.67. The Morgan fingerprint density at radius 3 is 1.88 bits per heavy atom. The maximum Gasteiger partial charge on any atom is 0.332 e. The summed E-state index contributed by atoms with van der Waals surface area (Å²) in [4.78, 5) is 48.8. The molecule has 0 bridgehead atoms. The second-order valence-electron chi connectivity index (χ2n) is 5.79. The van der Waals surface area contributed by atoms with Crippen molar-refractivity contribution in [1.82, 2.24) is 18.3 Å². The summed E-state index contributed by atoms with van der Waals surface area (Å²) in [6.07, 6.45) is 0. The molecule has 0 amide bonds. The lowest BCUT2D eigenvalue weighted by atomic mass is 10.4. The van der Waals surface area contributed by atoms with E-state index >= 15 is 0 Å². The fourth-order valence-electron chi connectivity index (χ4n) is 2.72. The molecule has 12 heteroatoms. The summed E-state index contributed by atoms with van der Waals surface area (Å²) in [6, 6.07) is 0. The molecule has 0 spiro atoms. The van der Waals surface area contributed by atoms with Crippen LogP contribution in [0, 0.1) is 0 Å². The number of nitrogens with two attached hydrogens (primary N) is 1. The molecule has 12 nitrogen and oxygen atoms in total. The Balaban J connectivity index is 2.70. The highest BCUT2D eigenvalue weighted by atomic mass is 16.2. The lowest BCUT2D eigenvalue weighted by Gasteiger charge is -2.26. The molecular formula is C14H22N8O4. The van der Waals surface area contributed by atoms with Crippen molar-refractivity contribution in [3.05, 3.63) is 41.7 Å². The van der Waals surface area contributed by atoms with E-state index in [-0.39, 0.29) is 23.0 Å². The molecule has 2 rings (SSSR count). The van der Waals surface area contributed by atoms with Gasteiger partial charge in [0.15, 0.2) is 11.5 Å². The molecule has 0 saturated heterocycles. The van der Waals surface area contributed by atoms with Gasteiger partial charge in [0.25, 0.3) is 11.1 Å². The third kappa shape index (κ3) is 2.64. The summed E-state index contributed by atoms with van der Waals surface area (Å²) >= 11 is 0. The topological polar surface area (TPSA) is 141 Å². The SMILES string of the molecule is CNc1c(NN(C)c2c(N)c(=O)n(C)c(=O)n2C)c(=O)n(C)c(=O)n1C. The van der Waals surface area contributed by atoms with E-state index in [2.05, 4.69) is 10.7 Å². The number of rotatable bonds is 4. The lowest BCUT2D eigenvalue weighted by molar-refractivity contribution is 0.679. The van der Waals surface area contributed by atoms with Crippen LogP contribution in [0.2, 0.25) is 0 Å². The first-order valence-electron chi connectivity index (χ1n) is 7.58. The standard InChI is InChI=1S/C14H22N8O4/c1-16-9-8(12(24)21(5)13(25)18(9)2)17-22(6)10-7(15)11(23)20(4)14(26)19(10)3/h16-17H,15H2,1-6H3. The van der Waals surface area contributed by atoms with Crippen LogP contribution in [0.15, 0.2) is 19.2 Å². The molecule has 4 N–H and O–H groups in total. The zero-order valence-electron chi connectivity index (χ0n) is 15.4. The Morgan fingerprint density at radius 1 is 0.846 bits per heavy atom. The van der Waals surface area contributed by atoms with Gasteiger partial charge in [-0.2, -0.15) is 0 Å². The molecule has 142 valence electrons. The van der Waals surface area contributed by atoms with Crippen molar-refractivity contribution in [2.75, 3.05) is 35.6 Å². The smallest absolute Gasteiger partial charge is 0.332 e. The zero-order valence-corrected chi connectivity index (χ0v) is 15.4. The molecule has 0 atom stereocenters. The highest BCUT2D eigenvalue weighted by Crippen LogP contribution is 2.19. The Hall–Kier alpha value is -3.44. The van der Waals surface area contributed by atoms with Gasteiger partial charge in [0, 0.05) is 42.3 Å². The average molecular weight is 366 g/mol. The average Bonchev–Trinajstić information content (AvgIpc) is 2.61. The normalized spacial score (nSPS) is 10.7. The Labute approximate surface area is 147 Å². The summed E-state index contributed by atoms with van der Waals surface area (Å²) in [5, 5.41) is 4.06. The van der Waals surface area contributed by atoms with Crippen LogP contribution in [0.25, 0.3) is 0 Å². The number of nitrogen functional groups attached to an aromatic ring is 1. The van der Waals surface area contributed by atoms with Crippen molar-refractivity contribution in [2.45, 2.75) is 0 Å². The molecule has 0 unspecified atom stereocenters. The van der Waals surface area contributed by atoms with Crippen molar-refractivity contribution in [1.29, 1.82) is 0 Å². The third-order valence-electron chi connectivity index (χ3n) is 4.17. The minimum Gasteiger partial charge on any atom is -0.391 e. The van der Waals surface area contributed by atoms with Crippen LogP contribution in [0.5, 0.6) is 0 Å². The van der Waals surface area contributed by atoms with Crippen LogP contribution in [-0.2, 0) is 28.2 Å². The summed E-state index contributed by atoms with van der Waals surface area (Å²) in [6.45, 7) is 0. The number of nitrogens with zero attached hydrogens (tertiary/aromatic N) is 5. The van der Waals surface area contributed by atoms with E-state index in [1.807, 2.05) is 0 Å². The van der Waals surface area contributed by atoms with Gasteiger partial charge in [0.1, 0.15) is 11.5 Å². The Bertz CT molecular complexity index is 1070. The lowest BCUT2D eigenvalue weighted by Crippen LogP contribution is -2.45. The van der Waals surface area contributed by atoms with Crippen LogP contribution in [-0.4, -0.2) is 32.4 Å². The van der Waals surface area contributed by atoms with E-state index in [1.54, 1.807) is 7.05 Å². The van der Waals surface area contributed by atoms with Crippen LogP contribution in [0.1, 0.15) is 0 Å². The number of nitrogens with one attached hydrogen (secondary N) is 2. The van der Waals surface area contributed by atoms with Gasteiger partial charge < -0.3 is 11.1 Å². The van der Waals surface area contributed by atoms with E-state index in [0.29, 0.717) is 0 Å². The van der Waals surface area contributed by atoms with Gasteiger partial charge >= 0.3 is 11.4 Å². The van der Waals surface area contributed by atoms with Gasteiger partial charge in [0.05, 0.1) is 0 Å². The summed E-state index contributed by atoms with van der Waals surface area (Å²) in [5.74, 6) is 0.313. The number of hydrogen-bond acceptors (Lipinski definition) is 8. The van der Waals surface area contributed by atoms with Crippen molar-refractivity contribution >= 4 is 23.0 Å². The molecule has 2 aromatic rings. The van der Waals surface area contributed by atoms with Crippen LogP contribution in [0.3, 0.4) is 0 Å². The molecule has 0 radical (unpaired) electrons. The van der Waals surface area contributed by atoms with Crippen molar-refractivity contribution < 1.29 is 0 Å². The molecule has 0 aromatic carbocycles. The fourth-order valence-corrected chi connectivity index (χ4v) is 2.72. The van der Waals surface area contributed by atoms with Crippen molar-refractivity contribution in [3.8, 4) is 0 Å². The zero-order chi connectivity index (χ0) is 19.9. The largest absolute Gasteiger partial charge is 0.391 e. The van der Waals surface area contributed by atoms with E-state index in [4.69, 9.17) is 5.73 Å². The summed E-state index contributed by atoms with van der Waals surface area (Å²) < 4.78 is 4.25.